The molecule has 0 bridgehead atoms. The molecule has 0 saturated carbocycles. The van der Waals surface area contributed by atoms with E-state index in [1.165, 1.54) is 12.1 Å². The van der Waals surface area contributed by atoms with Crippen LogP contribution < -0.4 is 4.74 Å². The summed E-state index contributed by atoms with van der Waals surface area (Å²) in [6, 6.07) is 4.38. The molecule has 0 aromatic heterocycles. The van der Waals surface area contributed by atoms with E-state index >= 15 is 0 Å². The summed E-state index contributed by atoms with van der Waals surface area (Å²) in [7, 11) is 0. The zero-order chi connectivity index (χ0) is 15.4. The van der Waals surface area contributed by atoms with Crippen molar-refractivity contribution >= 4 is 23.2 Å². The van der Waals surface area contributed by atoms with Gasteiger partial charge < -0.3 is 9.64 Å². The number of nitro groups is 1. The number of alkyl halides is 1. The molecule has 1 aromatic rings. The summed E-state index contributed by atoms with van der Waals surface area (Å²) in [5.74, 6) is 0.144. The largest absolute Gasteiger partial charge is 0.487 e. The van der Waals surface area contributed by atoms with Gasteiger partial charge in [-0.15, -0.1) is 11.6 Å². The second-order valence-corrected chi connectivity index (χ2v) is 5.10. The van der Waals surface area contributed by atoms with Gasteiger partial charge in [-0.25, -0.2) is 0 Å². The van der Waals surface area contributed by atoms with Gasteiger partial charge in [-0.2, -0.15) is 0 Å². The monoisotopic (exact) mass is 312 g/mol. The topological polar surface area (TPSA) is 72.7 Å². The molecule has 114 valence electrons. The number of likely N-dealkylation sites (tertiary alicyclic amines) is 1. The lowest BCUT2D eigenvalue weighted by molar-refractivity contribution is -0.385. The molecular weight excluding hydrogens is 296 g/mol. The zero-order valence-corrected chi connectivity index (χ0v) is 12.5. The molecule has 0 aliphatic carbocycles. The van der Waals surface area contributed by atoms with Crippen LogP contribution in [-0.4, -0.2) is 40.8 Å². The van der Waals surface area contributed by atoms with E-state index in [1.807, 2.05) is 0 Å². The number of benzene rings is 1. The molecule has 0 radical (unpaired) electrons. The van der Waals surface area contributed by atoms with Crippen LogP contribution in [0.3, 0.4) is 0 Å². The van der Waals surface area contributed by atoms with Crippen LogP contribution in [0, 0.1) is 10.1 Å². The van der Waals surface area contributed by atoms with Crippen molar-refractivity contribution in [1.82, 2.24) is 4.90 Å². The van der Waals surface area contributed by atoms with Crippen molar-refractivity contribution < 1.29 is 14.5 Å². The molecule has 0 N–H and O–H groups in total. The Morgan fingerprint density at radius 1 is 1.57 bits per heavy atom. The van der Waals surface area contributed by atoms with Crippen molar-refractivity contribution in [3.05, 3.63) is 33.9 Å². The molecule has 1 amide bonds. The van der Waals surface area contributed by atoms with Crippen molar-refractivity contribution in [3.8, 4) is 5.75 Å². The van der Waals surface area contributed by atoms with Crippen molar-refractivity contribution in [2.45, 2.75) is 25.8 Å². The molecule has 1 aliphatic heterocycles. The van der Waals surface area contributed by atoms with Gasteiger partial charge in [-0.1, -0.05) is 6.07 Å². The summed E-state index contributed by atoms with van der Waals surface area (Å²) < 4.78 is 5.36. The fourth-order valence-electron chi connectivity index (χ4n) is 2.55. The molecule has 21 heavy (non-hydrogen) atoms. The molecule has 1 fully saturated rings. The Morgan fingerprint density at radius 2 is 2.33 bits per heavy atom. The van der Waals surface area contributed by atoms with E-state index in [4.69, 9.17) is 16.3 Å². The fraction of sp³-hybridized carbons (Fsp3) is 0.500. The summed E-state index contributed by atoms with van der Waals surface area (Å²) in [4.78, 5) is 24.9. The number of amides is 1. The molecule has 0 spiro atoms. The van der Waals surface area contributed by atoms with E-state index in [9.17, 15) is 14.9 Å². The highest BCUT2D eigenvalue weighted by Crippen LogP contribution is 2.33. The molecule has 1 aliphatic rings. The highest BCUT2D eigenvalue weighted by atomic mass is 35.5. The Labute approximate surface area is 127 Å². The third kappa shape index (κ3) is 3.10. The minimum Gasteiger partial charge on any atom is -0.487 e. The molecule has 2 rings (SSSR count). The maximum Gasteiger partial charge on any atom is 0.311 e. The molecule has 1 unspecified atom stereocenters. The molecule has 1 atom stereocenters. The van der Waals surface area contributed by atoms with E-state index < -0.39 is 4.92 Å². The first-order chi connectivity index (χ1) is 10.1. The number of carbonyl (C=O) groups excluding carboxylic acids is 1. The average Bonchev–Trinajstić information content (AvgIpc) is 2.95. The lowest BCUT2D eigenvalue weighted by Gasteiger charge is -2.23. The van der Waals surface area contributed by atoms with Gasteiger partial charge >= 0.3 is 5.69 Å². The van der Waals surface area contributed by atoms with Crippen LogP contribution in [0.15, 0.2) is 18.2 Å². The summed E-state index contributed by atoms with van der Waals surface area (Å²) >= 11 is 5.88. The Balaban J connectivity index is 2.40. The first-order valence-corrected chi connectivity index (χ1v) is 7.40. The second-order valence-electron chi connectivity index (χ2n) is 4.79. The Morgan fingerprint density at radius 3 is 2.95 bits per heavy atom. The maximum absolute atomic E-state index is 12.7. The second kappa shape index (κ2) is 6.76. The number of carbonyl (C=O) groups is 1. The van der Waals surface area contributed by atoms with Crippen molar-refractivity contribution in [1.29, 1.82) is 0 Å². The van der Waals surface area contributed by atoms with Gasteiger partial charge in [0.05, 0.1) is 17.1 Å². The molecule has 7 heteroatoms. The predicted octanol–water partition coefficient (Wildman–Crippen LogP) is 2.84. The number of halogens is 1. The first kappa shape index (κ1) is 15.6. The molecule has 1 aromatic carbocycles. The van der Waals surface area contributed by atoms with Crippen LogP contribution in [0.1, 0.15) is 30.1 Å². The lowest BCUT2D eigenvalue weighted by Crippen LogP contribution is -2.36. The van der Waals surface area contributed by atoms with Gasteiger partial charge in [-0.05, 0) is 25.8 Å². The number of rotatable bonds is 5. The van der Waals surface area contributed by atoms with Gasteiger partial charge in [-0.3, -0.25) is 14.9 Å². The number of nitrogens with zero attached hydrogens (tertiary/aromatic N) is 2. The van der Waals surface area contributed by atoms with Gasteiger partial charge in [0.2, 0.25) is 5.75 Å². The third-order valence-electron chi connectivity index (χ3n) is 3.53. The lowest BCUT2D eigenvalue weighted by atomic mass is 10.1. The van der Waals surface area contributed by atoms with Crippen LogP contribution in [0.25, 0.3) is 0 Å². The highest BCUT2D eigenvalue weighted by Gasteiger charge is 2.32. The smallest absolute Gasteiger partial charge is 0.311 e. The van der Waals surface area contributed by atoms with Crippen molar-refractivity contribution in [3.63, 3.8) is 0 Å². The van der Waals surface area contributed by atoms with Gasteiger partial charge in [0.15, 0.2) is 0 Å². The molecule has 1 heterocycles. The van der Waals surface area contributed by atoms with Crippen LogP contribution in [0.2, 0.25) is 0 Å². The van der Waals surface area contributed by atoms with Crippen molar-refractivity contribution in [2.75, 3.05) is 19.0 Å². The van der Waals surface area contributed by atoms with Gasteiger partial charge in [0.1, 0.15) is 0 Å². The number of hydrogen-bond donors (Lipinski definition) is 0. The van der Waals surface area contributed by atoms with Crippen LogP contribution in [-0.2, 0) is 0 Å². The molecular formula is C14H17ClN2O4. The minimum atomic E-state index is -0.537. The summed E-state index contributed by atoms with van der Waals surface area (Å²) in [5.41, 5.74) is 0.0346. The zero-order valence-electron chi connectivity index (χ0n) is 11.8. The highest BCUT2D eigenvalue weighted by molar-refractivity contribution is 6.18. The standard InChI is InChI=1S/C14H17ClN2O4/c1-2-21-13-11(6-3-7-12(13)17(19)20)14(18)16-8-4-5-10(16)9-15/h3,6-7,10H,2,4-5,8-9H2,1H3. The quantitative estimate of drug-likeness (QED) is 0.476. The van der Waals surface area contributed by atoms with Crippen LogP contribution >= 0.6 is 11.6 Å². The third-order valence-corrected chi connectivity index (χ3v) is 3.88. The maximum atomic E-state index is 12.7. The SMILES string of the molecule is CCOc1c(C(=O)N2CCCC2CCl)cccc1[N+](=O)[O-]. The van der Waals surface area contributed by atoms with E-state index in [0.29, 0.717) is 12.4 Å². The van der Waals surface area contributed by atoms with Gasteiger partial charge in [0.25, 0.3) is 5.91 Å². The van der Waals surface area contributed by atoms with E-state index in [-0.39, 0.29) is 35.6 Å². The molecule has 1 saturated heterocycles. The van der Waals surface area contributed by atoms with Crippen LogP contribution in [0.5, 0.6) is 5.75 Å². The van der Waals surface area contributed by atoms with E-state index in [0.717, 1.165) is 12.8 Å². The number of para-hydroxylation sites is 1. The number of ether oxygens (including phenoxy) is 1. The van der Waals surface area contributed by atoms with Gasteiger partial charge in [0, 0.05) is 24.5 Å². The predicted molar refractivity (Wildman–Crippen MR) is 79.0 cm³/mol. The minimum absolute atomic E-state index is 0.0205. The summed E-state index contributed by atoms with van der Waals surface area (Å²) in [6.45, 7) is 2.59. The number of nitro benzene ring substituents is 1. The Kier molecular flexibility index (Phi) is 5.01. The fourth-order valence-corrected chi connectivity index (χ4v) is 2.87. The molecule has 6 nitrogen and oxygen atoms in total. The normalized spacial score (nSPS) is 17.8. The summed E-state index contributed by atoms with van der Waals surface area (Å²) in [6.07, 6.45) is 1.75. The average molecular weight is 313 g/mol. The number of hydrogen-bond acceptors (Lipinski definition) is 4. The van der Waals surface area contributed by atoms with Crippen LogP contribution in [0.4, 0.5) is 5.69 Å². The van der Waals surface area contributed by atoms with E-state index in [2.05, 4.69) is 0 Å². The van der Waals surface area contributed by atoms with Crippen molar-refractivity contribution in [2.24, 2.45) is 0 Å². The summed E-state index contributed by atoms with van der Waals surface area (Å²) in [5, 5.41) is 11.1. The Bertz CT molecular complexity index is 550. The first-order valence-electron chi connectivity index (χ1n) is 6.87. The van der Waals surface area contributed by atoms with E-state index in [1.54, 1.807) is 17.9 Å². The Hall–Kier alpha value is -1.82.